The number of carboxylic acids is 1. The lowest BCUT2D eigenvalue weighted by molar-refractivity contribution is -0.137. The Bertz CT molecular complexity index is 206. The third-order valence-corrected chi connectivity index (χ3v) is 2.80. The van der Waals surface area contributed by atoms with Gasteiger partial charge >= 0.3 is 5.97 Å². The van der Waals surface area contributed by atoms with Crippen molar-refractivity contribution in [1.82, 2.24) is 14.7 Å². The van der Waals surface area contributed by atoms with Crippen molar-refractivity contribution in [2.75, 3.05) is 60.9 Å². The van der Waals surface area contributed by atoms with Crippen LogP contribution in [0.5, 0.6) is 0 Å². The minimum atomic E-state index is -0.708. The number of hydrogen-bond donors (Lipinski definition) is 1. The highest BCUT2D eigenvalue weighted by Gasteiger charge is 2.07. The summed E-state index contributed by atoms with van der Waals surface area (Å²) in [4.78, 5) is 17.2. The van der Waals surface area contributed by atoms with Gasteiger partial charge in [0.15, 0.2) is 0 Å². The summed E-state index contributed by atoms with van der Waals surface area (Å²) in [6.07, 6.45) is 2.42. The van der Waals surface area contributed by atoms with Crippen molar-refractivity contribution < 1.29 is 9.90 Å². The lowest BCUT2D eigenvalue weighted by Gasteiger charge is -2.23. The number of rotatable bonds is 11. The van der Waals surface area contributed by atoms with E-state index in [0.717, 1.165) is 39.0 Å². The van der Waals surface area contributed by atoms with Crippen molar-refractivity contribution in [3.05, 3.63) is 0 Å². The maximum absolute atomic E-state index is 10.6. The van der Waals surface area contributed by atoms with Crippen LogP contribution in [-0.2, 0) is 4.79 Å². The van der Waals surface area contributed by atoms with Crippen molar-refractivity contribution in [2.24, 2.45) is 0 Å². The first-order valence-corrected chi connectivity index (χ1v) is 6.65. The highest BCUT2D eigenvalue weighted by atomic mass is 16.4. The molecule has 0 aromatic heterocycles. The Morgan fingerprint density at radius 1 is 0.833 bits per heavy atom. The van der Waals surface area contributed by atoms with Gasteiger partial charge in [-0.1, -0.05) is 0 Å². The quantitative estimate of drug-likeness (QED) is 0.591. The lowest BCUT2D eigenvalue weighted by atomic mass is 10.3. The molecule has 1 N–H and O–H groups in total. The normalized spacial score (nSPS) is 11.7. The third-order valence-electron chi connectivity index (χ3n) is 2.80. The maximum atomic E-state index is 10.6. The predicted molar refractivity (Wildman–Crippen MR) is 75.0 cm³/mol. The standard InChI is InChI=1S/C13H29N3O2/c1-14(2)8-5-10-16(12-7-13(17)18)11-6-9-15(3)4/h5-12H2,1-4H3,(H,17,18). The van der Waals surface area contributed by atoms with Gasteiger partial charge in [0.05, 0.1) is 6.42 Å². The molecule has 0 saturated carbocycles. The molecule has 5 heteroatoms. The van der Waals surface area contributed by atoms with Crippen molar-refractivity contribution in [3.63, 3.8) is 0 Å². The van der Waals surface area contributed by atoms with E-state index in [9.17, 15) is 4.79 Å². The molecular formula is C13H29N3O2. The summed E-state index contributed by atoms with van der Waals surface area (Å²) in [6.45, 7) is 4.74. The van der Waals surface area contributed by atoms with Crippen molar-refractivity contribution >= 4 is 5.97 Å². The van der Waals surface area contributed by atoms with Gasteiger partial charge in [0, 0.05) is 6.54 Å². The minimum absolute atomic E-state index is 0.240. The zero-order chi connectivity index (χ0) is 14.0. The van der Waals surface area contributed by atoms with Crippen molar-refractivity contribution in [3.8, 4) is 0 Å². The van der Waals surface area contributed by atoms with Gasteiger partial charge in [-0.2, -0.15) is 0 Å². The van der Waals surface area contributed by atoms with E-state index in [1.807, 2.05) is 0 Å². The average molecular weight is 259 g/mol. The van der Waals surface area contributed by atoms with Crippen LogP contribution in [0.3, 0.4) is 0 Å². The second-order valence-corrected chi connectivity index (χ2v) is 5.30. The van der Waals surface area contributed by atoms with Crippen LogP contribution < -0.4 is 0 Å². The first-order chi connectivity index (χ1) is 8.41. The van der Waals surface area contributed by atoms with E-state index >= 15 is 0 Å². The van der Waals surface area contributed by atoms with Crippen LogP contribution in [0.4, 0.5) is 0 Å². The predicted octanol–water partition coefficient (Wildman–Crippen LogP) is 0.667. The molecule has 0 aromatic rings. The Kier molecular flexibility index (Phi) is 9.92. The molecule has 0 aromatic carbocycles. The van der Waals surface area contributed by atoms with E-state index in [4.69, 9.17) is 5.11 Å². The highest BCUT2D eigenvalue weighted by molar-refractivity contribution is 5.66. The zero-order valence-corrected chi connectivity index (χ0v) is 12.4. The molecule has 0 aliphatic rings. The fourth-order valence-electron chi connectivity index (χ4n) is 1.81. The number of carboxylic acid groups (broad SMARTS) is 1. The summed E-state index contributed by atoms with van der Waals surface area (Å²) >= 11 is 0. The molecule has 0 atom stereocenters. The molecule has 5 nitrogen and oxygen atoms in total. The van der Waals surface area contributed by atoms with E-state index in [2.05, 4.69) is 42.9 Å². The smallest absolute Gasteiger partial charge is 0.304 e. The summed E-state index contributed by atoms with van der Waals surface area (Å²) in [5.41, 5.74) is 0. The number of nitrogens with zero attached hydrogens (tertiary/aromatic N) is 3. The fraction of sp³-hybridized carbons (Fsp3) is 0.923. The largest absolute Gasteiger partial charge is 0.481 e. The van der Waals surface area contributed by atoms with E-state index in [-0.39, 0.29) is 6.42 Å². The average Bonchev–Trinajstić information content (AvgIpc) is 2.24. The van der Waals surface area contributed by atoms with Gasteiger partial charge in [-0.15, -0.1) is 0 Å². The first kappa shape index (κ1) is 17.4. The second-order valence-electron chi connectivity index (χ2n) is 5.30. The SMILES string of the molecule is CN(C)CCCN(CCCN(C)C)CCC(=O)O. The molecule has 0 saturated heterocycles. The van der Waals surface area contributed by atoms with Crippen LogP contribution in [0.25, 0.3) is 0 Å². The van der Waals surface area contributed by atoms with Crippen LogP contribution >= 0.6 is 0 Å². The maximum Gasteiger partial charge on any atom is 0.304 e. The van der Waals surface area contributed by atoms with E-state index in [1.54, 1.807) is 0 Å². The van der Waals surface area contributed by atoms with Gasteiger partial charge in [-0.3, -0.25) is 4.79 Å². The van der Waals surface area contributed by atoms with Crippen LogP contribution in [0.15, 0.2) is 0 Å². The Balaban J connectivity index is 3.87. The molecule has 18 heavy (non-hydrogen) atoms. The lowest BCUT2D eigenvalue weighted by Crippen LogP contribution is -2.32. The van der Waals surface area contributed by atoms with Gasteiger partial charge < -0.3 is 19.8 Å². The molecular weight excluding hydrogens is 230 g/mol. The van der Waals surface area contributed by atoms with Gasteiger partial charge in [-0.25, -0.2) is 0 Å². The van der Waals surface area contributed by atoms with Gasteiger partial charge in [0.25, 0.3) is 0 Å². The minimum Gasteiger partial charge on any atom is -0.481 e. The first-order valence-electron chi connectivity index (χ1n) is 6.65. The van der Waals surface area contributed by atoms with Gasteiger partial charge in [0.2, 0.25) is 0 Å². The summed E-state index contributed by atoms with van der Waals surface area (Å²) < 4.78 is 0. The Hall–Kier alpha value is -0.650. The van der Waals surface area contributed by atoms with Gasteiger partial charge in [0.1, 0.15) is 0 Å². The van der Waals surface area contributed by atoms with Crippen LogP contribution in [0.2, 0.25) is 0 Å². The zero-order valence-electron chi connectivity index (χ0n) is 12.4. The summed E-state index contributed by atoms with van der Waals surface area (Å²) in [6, 6.07) is 0. The van der Waals surface area contributed by atoms with Crippen molar-refractivity contribution in [2.45, 2.75) is 19.3 Å². The molecule has 0 aliphatic carbocycles. The number of hydrogen-bond acceptors (Lipinski definition) is 4. The Morgan fingerprint density at radius 3 is 1.61 bits per heavy atom. The third kappa shape index (κ3) is 11.8. The monoisotopic (exact) mass is 259 g/mol. The fourth-order valence-corrected chi connectivity index (χ4v) is 1.81. The van der Waals surface area contributed by atoms with Crippen LogP contribution in [0.1, 0.15) is 19.3 Å². The highest BCUT2D eigenvalue weighted by Crippen LogP contribution is 1.98. The molecule has 0 unspecified atom stereocenters. The van der Waals surface area contributed by atoms with Crippen molar-refractivity contribution in [1.29, 1.82) is 0 Å². The second kappa shape index (κ2) is 10.3. The Morgan fingerprint density at radius 2 is 1.28 bits per heavy atom. The molecule has 0 fully saturated rings. The Labute approximate surface area is 111 Å². The van der Waals surface area contributed by atoms with Crippen LogP contribution in [-0.4, -0.2) is 86.7 Å². The molecule has 0 rings (SSSR count). The summed E-state index contributed by atoms with van der Waals surface area (Å²) in [5, 5.41) is 8.75. The summed E-state index contributed by atoms with van der Waals surface area (Å²) in [5.74, 6) is -0.708. The van der Waals surface area contributed by atoms with Crippen LogP contribution in [0, 0.1) is 0 Å². The number of aliphatic carboxylic acids is 1. The molecule has 0 heterocycles. The molecule has 0 spiro atoms. The number of carbonyl (C=O) groups is 1. The molecule has 0 radical (unpaired) electrons. The van der Waals surface area contributed by atoms with E-state index < -0.39 is 5.97 Å². The topological polar surface area (TPSA) is 47.0 Å². The molecule has 0 aliphatic heterocycles. The summed E-state index contributed by atoms with van der Waals surface area (Å²) in [7, 11) is 8.25. The molecule has 0 bridgehead atoms. The van der Waals surface area contributed by atoms with E-state index in [1.165, 1.54) is 0 Å². The molecule has 0 amide bonds. The molecule has 108 valence electrons. The van der Waals surface area contributed by atoms with Gasteiger partial charge in [-0.05, 0) is 67.2 Å². The van der Waals surface area contributed by atoms with E-state index in [0.29, 0.717) is 6.54 Å².